The molecule has 4 aliphatic rings. The number of ether oxygens (including phenoxy) is 2. The average Bonchev–Trinajstić information content (AvgIpc) is 3.65. The van der Waals surface area contributed by atoms with Crippen LogP contribution < -0.4 is 15.4 Å². The summed E-state index contributed by atoms with van der Waals surface area (Å²) in [5, 5.41) is 4.09. The van der Waals surface area contributed by atoms with Crippen LogP contribution in [0.2, 0.25) is 5.02 Å². The van der Waals surface area contributed by atoms with Crippen LogP contribution in [0.3, 0.4) is 0 Å². The molecule has 0 unspecified atom stereocenters. The molecule has 0 spiro atoms. The first-order valence-electron chi connectivity index (χ1n) is 16.9. The van der Waals surface area contributed by atoms with Crippen molar-refractivity contribution in [3.05, 3.63) is 56.7 Å². The van der Waals surface area contributed by atoms with Gasteiger partial charge in [-0.1, -0.05) is 11.6 Å². The Morgan fingerprint density at radius 3 is 2.66 bits per heavy atom. The monoisotopic (exact) mass is 778 g/mol. The molecule has 3 aromatic rings. The van der Waals surface area contributed by atoms with Crippen LogP contribution in [0, 0.1) is 5.82 Å². The zero-order valence-electron chi connectivity index (χ0n) is 28.3. The van der Waals surface area contributed by atoms with E-state index in [4.69, 9.17) is 31.8 Å². The largest absolute Gasteiger partial charge is 0.461 e. The lowest BCUT2D eigenvalue weighted by molar-refractivity contribution is -0.140. The molecule has 0 bridgehead atoms. The Kier molecular flexibility index (Phi) is 9.66. The Morgan fingerprint density at radius 1 is 1.15 bits per heavy atom. The predicted molar refractivity (Wildman–Crippen MR) is 174 cm³/mol. The van der Waals surface area contributed by atoms with E-state index in [0.29, 0.717) is 48.2 Å². The van der Waals surface area contributed by atoms with Gasteiger partial charge in [-0.3, -0.25) is 14.4 Å². The van der Waals surface area contributed by atoms with Gasteiger partial charge in [0.15, 0.2) is 11.5 Å². The van der Waals surface area contributed by atoms with Gasteiger partial charge in [-0.15, -0.1) is 0 Å². The minimum absolute atomic E-state index is 0.0300. The van der Waals surface area contributed by atoms with Crippen molar-refractivity contribution in [1.82, 2.24) is 29.5 Å². The number of benzene rings is 1. The fourth-order valence-electron chi connectivity index (χ4n) is 7.88. The molecule has 7 rings (SSSR count). The van der Waals surface area contributed by atoms with Crippen molar-refractivity contribution in [1.29, 1.82) is 0 Å². The van der Waals surface area contributed by atoms with Crippen LogP contribution >= 0.6 is 11.6 Å². The Labute approximate surface area is 303 Å². The second-order valence-corrected chi connectivity index (χ2v) is 14.3. The van der Waals surface area contributed by atoms with Gasteiger partial charge in [-0.25, -0.2) is 8.78 Å². The number of hydrogen-bond donors (Lipinski definition) is 1. The molecule has 3 atom stereocenters. The zero-order chi connectivity index (χ0) is 38.0. The van der Waals surface area contributed by atoms with Gasteiger partial charge in [-0.2, -0.15) is 41.4 Å². The molecule has 1 aromatic carbocycles. The number of nitrogens with zero attached hydrogens (tertiary/aromatic N) is 7. The summed E-state index contributed by atoms with van der Waals surface area (Å²) in [6, 6.07) is 1.40. The van der Waals surface area contributed by atoms with Gasteiger partial charge in [-0.05, 0) is 37.9 Å². The lowest BCUT2D eigenvalue weighted by Crippen LogP contribution is -2.43. The number of halogens is 9. The topological polar surface area (TPSA) is 115 Å². The highest BCUT2D eigenvalue weighted by Gasteiger charge is 2.49. The Hall–Kier alpha value is -3.97. The SMILES string of the molecule is CN(CC(F)(F)F)C(=O)c1nn2c(c1Cl)CN(c1nc(OC[C@@]34CCCN3C[C@H](F)C4)nc3c1CO[C@H](c1c(C(F)(F)F)ccc(N)c1F)C3)CCC2. The molecule has 11 nitrogen and oxygen atoms in total. The van der Waals surface area contributed by atoms with E-state index in [9.17, 15) is 35.5 Å². The van der Waals surface area contributed by atoms with Crippen molar-refractivity contribution in [3.63, 3.8) is 0 Å². The van der Waals surface area contributed by atoms with Gasteiger partial charge in [0.1, 0.15) is 25.1 Å². The highest BCUT2D eigenvalue weighted by Crippen LogP contribution is 2.44. The van der Waals surface area contributed by atoms with E-state index < -0.39 is 65.3 Å². The van der Waals surface area contributed by atoms with Crippen molar-refractivity contribution in [2.75, 3.05) is 50.5 Å². The van der Waals surface area contributed by atoms with Crippen molar-refractivity contribution in [3.8, 4) is 6.01 Å². The number of fused-ring (bicyclic) bond motifs is 3. The van der Waals surface area contributed by atoms with E-state index in [2.05, 4.69) is 10.1 Å². The molecule has 1 amide bonds. The molecular weight excluding hydrogens is 744 g/mol. The Bertz CT molecular complexity index is 1910. The molecule has 288 valence electrons. The van der Waals surface area contributed by atoms with Crippen molar-refractivity contribution in [2.45, 2.75) is 82.0 Å². The quantitative estimate of drug-likeness (QED) is 0.232. The number of nitrogens with two attached hydrogens (primary N) is 1. The smallest absolute Gasteiger partial charge is 0.416 e. The van der Waals surface area contributed by atoms with Crippen LogP contribution in [0.4, 0.5) is 46.6 Å². The van der Waals surface area contributed by atoms with E-state index in [1.54, 1.807) is 4.90 Å². The second-order valence-electron chi connectivity index (χ2n) is 13.9. The standard InChI is InChI=1S/C33H35ClF8N8O3/c1-47(15-32(37,38)39)29(51)27-25(34)22-13-48(7-3-9-50(22)46-27)28-18-14-52-23(24-19(33(40,41)42)4-5-20(43)26(24)36)10-21(18)44-30(45-28)53-16-31-6-2-8-49(31)12-17(35)11-31/h4-5,17,23H,2-3,6-16,43H2,1H3/t17-,23+,31+/m1/s1. The highest BCUT2D eigenvalue weighted by molar-refractivity contribution is 6.34. The van der Waals surface area contributed by atoms with Crippen molar-refractivity contribution in [2.24, 2.45) is 0 Å². The molecule has 4 aliphatic heterocycles. The number of rotatable bonds is 7. The van der Waals surface area contributed by atoms with Crippen LogP contribution in [0.1, 0.15) is 70.4 Å². The Morgan fingerprint density at radius 2 is 1.92 bits per heavy atom. The molecule has 0 radical (unpaired) electrons. The number of carbonyl (C=O) groups excluding carboxylic acids is 1. The molecule has 6 heterocycles. The molecule has 2 N–H and O–H groups in total. The summed E-state index contributed by atoms with van der Waals surface area (Å²) in [6.45, 7) is -0.294. The van der Waals surface area contributed by atoms with Crippen LogP contribution in [0.15, 0.2) is 12.1 Å². The van der Waals surface area contributed by atoms with Gasteiger partial charge in [0.05, 0.1) is 52.5 Å². The summed E-state index contributed by atoms with van der Waals surface area (Å²) in [4.78, 5) is 26.5. The molecule has 53 heavy (non-hydrogen) atoms. The molecule has 2 saturated heterocycles. The third kappa shape index (κ3) is 7.18. The number of alkyl halides is 7. The summed E-state index contributed by atoms with van der Waals surface area (Å²) in [5.74, 6) is -2.03. The maximum atomic E-state index is 15.4. The minimum atomic E-state index is -4.92. The minimum Gasteiger partial charge on any atom is -0.461 e. The van der Waals surface area contributed by atoms with Gasteiger partial charge in [0.2, 0.25) is 0 Å². The third-order valence-corrected chi connectivity index (χ3v) is 10.7. The molecule has 0 aliphatic carbocycles. The van der Waals surface area contributed by atoms with E-state index in [0.717, 1.165) is 19.5 Å². The average molecular weight is 779 g/mol. The lowest BCUT2D eigenvalue weighted by atomic mass is 9.94. The predicted octanol–water partition coefficient (Wildman–Crippen LogP) is 5.88. The summed E-state index contributed by atoms with van der Waals surface area (Å²) in [5.41, 5.74) is 3.17. The van der Waals surface area contributed by atoms with E-state index in [-0.39, 0.29) is 73.9 Å². The first-order chi connectivity index (χ1) is 24.9. The first kappa shape index (κ1) is 37.3. The fraction of sp³-hybridized carbons (Fsp3) is 0.576. The second kappa shape index (κ2) is 13.7. The molecule has 2 fully saturated rings. The maximum Gasteiger partial charge on any atom is 0.416 e. The third-order valence-electron chi connectivity index (χ3n) is 10.3. The van der Waals surface area contributed by atoms with Gasteiger partial charge < -0.3 is 25.0 Å². The number of amides is 1. The zero-order valence-corrected chi connectivity index (χ0v) is 29.1. The first-order valence-corrected chi connectivity index (χ1v) is 17.3. The van der Waals surface area contributed by atoms with Crippen LogP contribution in [0.25, 0.3) is 0 Å². The summed E-state index contributed by atoms with van der Waals surface area (Å²) < 4.78 is 125. The number of aromatic nitrogens is 4. The van der Waals surface area contributed by atoms with E-state index in [1.165, 1.54) is 4.68 Å². The van der Waals surface area contributed by atoms with Crippen LogP contribution in [0.5, 0.6) is 6.01 Å². The van der Waals surface area contributed by atoms with Crippen molar-refractivity contribution >= 4 is 29.0 Å². The highest BCUT2D eigenvalue weighted by atomic mass is 35.5. The fourth-order valence-corrected chi connectivity index (χ4v) is 8.16. The van der Waals surface area contributed by atoms with Gasteiger partial charge in [0, 0.05) is 50.7 Å². The van der Waals surface area contributed by atoms with E-state index >= 15 is 4.39 Å². The number of nitrogen functional groups attached to an aromatic ring is 1. The van der Waals surface area contributed by atoms with Gasteiger partial charge in [0.25, 0.3) is 5.91 Å². The number of anilines is 2. The molecule has 2 aromatic heterocycles. The summed E-state index contributed by atoms with van der Waals surface area (Å²) in [7, 11) is 0.988. The number of hydrogen-bond acceptors (Lipinski definition) is 9. The van der Waals surface area contributed by atoms with Gasteiger partial charge >= 0.3 is 18.4 Å². The summed E-state index contributed by atoms with van der Waals surface area (Å²) in [6.07, 6.45) is -10.2. The molecule has 0 saturated carbocycles. The molecular formula is C33H35ClF8N8O3. The Balaban J connectivity index is 1.25. The maximum absolute atomic E-state index is 15.4. The lowest BCUT2D eigenvalue weighted by Gasteiger charge is -2.33. The van der Waals surface area contributed by atoms with Crippen LogP contribution in [-0.4, -0.2) is 93.2 Å². The van der Waals surface area contributed by atoms with E-state index in [1.807, 2.05) is 4.90 Å². The normalized spacial score (nSPS) is 23.4. The number of carbonyl (C=O) groups is 1. The van der Waals surface area contributed by atoms with Crippen molar-refractivity contribution < 1.29 is 49.4 Å². The van der Waals surface area contributed by atoms with Crippen LogP contribution in [-0.2, 0) is 37.0 Å². The number of aryl methyl sites for hydroxylation is 1. The molecule has 20 heteroatoms. The summed E-state index contributed by atoms with van der Waals surface area (Å²) >= 11 is 6.61.